The summed E-state index contributed by atoms with van der Waals surface area (Å²) in [6, 6.07) is 5.86. The fourth-order valence-electron chi connectivity index (χ4n) is 1.65. The summed E-state index contributed by atoms with van der Waals surface area (Å²) < 4.78 is 19.5. The van der Waals surface area contributed by atoms with Crippen LogP contribution in [0.1, 0.15) is 11.6 Å². The van der Waals surface area contributed by atoms with Gasteiger partial charge in [-0.3, -0.25) is 0 Å². The molecule has 20 heavy (non-hydrogen) atoms. The van der Waals surface area contributed by atoms with Gasteiger partial charge in [0.2, 0.25) is 11.7 Å². The van der Waals surface area contributed by atoms with Crippen molar-refractivity contribution < 1.29 is 8.91 Å². The third-order valence-electron chi connectivity index (χ3n) is 2.59. The van der Waals surface area contributed by atoms with Gasteiger partial charge in [-0.25, -0.2) is 9.07 Å². The first-order valence-corrected chi connectivity index (χ1v) is 6.31. The van der Waals surface area contributed by atoms with Crippen molar-refractivity contribution in [2.75, 3.05) is 0 Å². The molecule has 0 saturated carbocycles. The number of aromatic nitrogens is 5. The molecule has 3 aromatic rings. The molecule has 0 atom stereocenters. The Morgan fingerprint density at radius 3 is 2.75 bits per heavy atom. The Kier molecular flexibility index (Phi) is 3.42. The van der Waals surface area contributed by atoms with Gasteiger partial charge >= 0.3 is 0 Å². The smallest absolute Gasteiger partial charge is 0.248 e. The molecular weight excluding hydrogens is 285 g/mol. The van der Waals surface area contributed by atoms with Crippen LogP contribution < -0.4 is 0 Å². The monoisotopic (exact) mass is 293 g/mol. The van der Waals surface area contributed by atoms with E-state index in [9.17, 15) is 4.39 Å². The van der Waals surface area contributed by atoms with E-state index in [1.54, 1.807) is 23.0 Å². The van der Waals surface area contributed by atoms with Gasteiger partial charge in [0.25, 0.3) is 0 Å². The van der Waals surface area contributed by atoms with E-state index in [1.165, 1.54) is 12.1 Å². The van der Waals surface area contributed by atoms with Crippen molar-refractivity contribution in [3.8, 4) is 11.4 Å². The average Bonchev–Trinajstić information content (AvgIpc) is 3.09. The van der Waals surface area contributed by atoms with Crippen molar-refractivity contribution >= 4 is 11.6 Å². The molecule has 102 valence electrons. The predicted molar refractivity (Wildman–Crippen MR) is 68.4 cm³/mol. The summed E-state index contributed by atoms with van der Waals surface area (Å²) in [6.45, 7) is 0.304. The van der Waals surface area contributed by atoms with Gasteiger partial charge in [-0.2, -0.15) is 4.98 Å². The van der Waals surface area contributed by atoms with Gasteiger partial charge in [-0.05, 0) is 24.3 Å². The van der Waals surface area contributed by atoms with Crippen LogP contribution in [0, 0.1) is 5.82 Å². The van der Waals surface area contributed by atoms with Crippen LogP contribution in [0.5, 0.6) is 0 Å². The molecule has 0 aliphatic rings. The predicted octanol–water partition coefficient (Wildman–Crippen LogP) is 2.25. The molecule has 0 unspecified atom stereocenters. The molecule has 3 rings (SSSR count). The summed E-state index contributed by atoms with van der Waals surface area (Å²) in [7, 11) is 0. The van der Waals surface area contributed by atoms with Crippen LogP contribution in [-0.4, -0.2) is 25.1 Å². The van der Waals surface area contributed by atoms with Crippen LogP contribution >= 0.6 is 11.6 Å². The maximum absolute atomic E-state index is 12.8. The Hall–Kier alpha value is -2.28. The second-order valence-electron chi connectivity index (χ2n) is 4.06. The number of halogens is 2. The maximum Gasteiger partial charge on any atom is 0.248 e. The van der Waals surface area contributed by atoms with Crippen LogP contribution in [0.4, 0.5) is 4.39 Å². The topological polar surface area (TPSA) is 69.6 Å². The van der Waals surface area contributed by atoms with Gasteiger partial charge in [-0.1, -0.05) is 10.4 Å². The van der Waals surface area contributed by atoms with Crippen molar-refractivity contribution in [2.24, 2.45) is 0 Å². The Morgan fingerprint density at radius 2 is 2.05 bits per heavy atom. The van der Waals surface area contributed by atoms with Crippen molar-refractivity contribution in [1.29, 1.82) is 0 Å². The molecule has 0 aliphatic carbocycles. The summed E-state index contributed by atoms with van der Waals surface area (Å²) in [5.74, 6) is 0.770. The fraction of sp³-hybridized carbons (Fsp3) is 0.167. The molecule has 6 nitrogen and oxygen atoms in total. The van der Waals surface area contributed by atoms with E-state index in [2.05, 4.69) is 20.5 Å². The highest BCUT2D eigenvalue weighted by Gasteiger charge is 2.10. The highest BCUT2D eigenvalue weighted by Crippen LogP contribution is 2.16. The molecule has 0 aliphatic heterocycles. The zero-order chi connectivity index (χ0) is 13.9. The lowest BCUT2D eigenvalue weighted by atomic mass is 10.2. The third kappa shape index (κ3) is 2.67. The van der Waals surface area contributed by atoms with Crippen molar-refractivity contribution in [3.63, 3.8) is 0 Å². The Morgan fingerprint density at radius 1 is 1.25 bits per heavy atom. The molecular formula is C12H9ClFN5O. The Labute approximate surface area is 118 Å². The lowest BCUT2D eigenvalue weighted by Crippen LogP contribution is -2.00. The Balaban J connectivity index is 1.78. The van der Waals surface area contributed by atoms with Crippen LogP contribution in [0.25, 0.3) is 11.4 Å². The SMILES string of the molecule is Fc1ccc(-c2noc(Cn3cc(CCl)nn3)n2)cc1. The molecule has 0 fully saturated rings. The first-order chi connectivity index (χ1) is 9.74. The maximum atomic E-state index is 12.8. The highest BCUT2D eigenvalue weighted by atomic mass is 35.5. The van der Waals surface area contributed by atoms with Gasteiger partial charge < -0.3 is 4.52 Å². The Bertz CT molecular complexity index is 709. The van der Waals surface area contributed by atoms with Crippen LogP contribution in [-0.2, 0) is 12.4 Å². The quantitative estimate of drug-likeness (QED) is 0.690. The molecule has 0 spiro atoms. The molecule has 0 bridgehead atoms. The average molecular weight is 294 g/mol. The number of benzene rings is 1. The zero-order valence-corrected chi connectivity index (χ0v) is 11.0. The van der Waals surface area contributed by atoms with Crippen molar-refractivity contribution in [3.05, 3.63) is 47.9 Å². The molecule has 2 aromatic heterocycles. The van der Waals surface area contributed by atoms with E-state index in [0.29, 0.717) is 35.4 Å². The molecule has 0 amide bonds. The van der Waals surface area contributed by atoms with Crippen molar-refractivity contribution in [2.45, 2.75) is 12.4 Å². The van der Waals surface area contributed by atoms with Crippen molar-refractivity contribution in [1.82, 2.24) is 25.1 Å². The first-order valence-electron chi connectivity index (χ1n) is 5.78. The molecule has 1 aromatic carbocycles. The highest BCUT2D eigenvalue weighted by molar-refractivity contribution is 6.16. The number of rotatable bonds is 4. The van der Waals surface area contributed by atoms with E-state index in [0.717, 1.165) is 0 Å². The van der Waals surface area contributed by atoms with Crippen LogP contribution in [0.3, 0.4) is 0 Å². The number of hydrogen-bond donors (Lipinski definition) is 0. The van der Waals surface area contributed by atoms with Gasteiger partial charge in [0, 0.05) is 5.56 Å². The number of nitrogens with zero attached hydrogens (tertiary/aromatic N) is 5. The van der Waals surface area contributed by atoms with E-state index >= 15 is 0 Å². The minimum Gasteiger partial charge on any atom is -0.337 e. The molecule has 0 radical (unpaired) electrons. The minimum atomic E-state index is -0.311. The van der Waals surface area contributed by atoms with Gasteiger partial charge in [0.1, 0.15) is 12.4 Å². The van der Waals surface area contributed by atoms with Gasteiger partial charge in [0.15, 0.2) is 0 Å². The van der Waals surface area contributed by atoms with E-state index in [4.69, 9.17) is 16.1 Å². The molecule has 0 N–H and O–H groups in total. The van der Waals surface area contributed by atoms with E-state index < -0.39 is 0 Å². The second kappa shape index (κ2) is 5.38. The fourth-order valence-corrected chi connectivity index (χ4v) is 1.77. The lowest BCUT2D eigenvalue weighted by molar-refractivity contribution is 0.364. The molecule has 0 saturated heterocycles. The van der Waals surface area contributed by atoms with E-state index in [-0.39, 0.29) is 5.82 Å². The van der Waals surface area contributed by atoms with Crippen LogP contribution in [0.15, 0.2) is 35.0 Å². The summed E-state index contributed by atoms with van der Waals surface area (Å²) in [4.78, 5) is 4.22. The van der Waals surface area contributed by atoms with Gasteiger partial charge in [0.05, 0.1) is 17.8 Å². The van der Waals surface area contributed by atoms with Crippen LogP contribution in [0.2, 0.25) is 0 Å². The standard InChI is InChI=1S/C12H9ClFN5O/c13-5-10-6-19(18-16-10)7-11-15-12(17-20-11)8-1-3-9(14)4-2-8/h1-4,6H,5,7H2. The number of hydrogen-bond acceptors (Lipinski definition) is 5. The third-order valence-corrected chi connectivity index (χ3v) is 2.86. The zero-order valence-electron chi connectivity index (χ0n) is 10.2. The summed E-state index contributed by atoms with van der Waals surface area (Å²) >= 11 is 5.64. The normalized spacial score (nSPS) is 10.9. The minimum absolute atomic E-state index is 0.296. The molecule has 2 heterocycles. The molecule has 8 heteroatoms. The second-order valence-corrected chi connectivity index (χ2v) is 4.33. The summed E-state index contributed by atoms with van der Waals surface area (Å²) in [5, 5.41) is 11.6. The number of alkyl halides is 1. The van der Waals surface area contributed by atoms with E-state index in [1.807, 2.05) is 0 Å². The van der Waals surface area contributed by atoms with Gasteiger partial charge in [-0.15, -0.1) is 16.7 Å². The lowest BCUT2D eigenvalue weighted by Gasteiger charge is -1.93. The summed E-state index contributed by atoms with van der Waals surface area (Å²) in [6.07, 6.45) is 1.70. The largest absolute Gasteiger partial charge is 0.337 e. The first kappa shape index (κ1) is 12.7. The summed E-state index contributed by atoms with van der Waals surface area (Å²) in [5.41, 5.74) is 1.35.